The first kappa shape index (κ1) is 13.8. The van der Waals surface area contributed by atoms with Gasteiger partial charge in [-0.2, -0.15) is 0 Å². The molecule has 94 valence electrons. The second kappa shape index (κ2) is 5.40. The van der Waals surface area contributed by atoms with Crippen molar-refractivity contribution in [1.82, 2.24) is 5.32 Å². The Morgan fingerprint density at radius 1 is 1.47 bits per heavy atom. The summed E-state index contributed by atoms with van der Waals surface area (Å²) in [4.78, 5) is 11.5. The molecule has 1 aromatic carbocycles. The van der Waals surface area contributed by atoms with Crippen LogP contribution in [0.5, 0.6) is 5.75 Å². The number of benzene rings is 1. The summed E-state index contributed by atoms with van der Waals surface area (Å²) in [5.74, 6) is 0.404. The summed E-state index contributed by atoms with van der Waals surface area (Å²) < 4.78 is 6.16. The molecule has 0 aliphatic heterocycles. The van der Waals surface area contributed by atoms with Crippen LogP contribution in [0, 0.1) is 0 Å². The molecule has 3 N–H and O–H groups in total. The molecule has 0 fully saturated rings. The maximum absolute atomic E-state index is 11.5. The number of nitrogen functional groups attached to an aromatic ring is 1. The van der Waals surface area contributed by atoms with E-state index in [0.717, 1.165) is 4.47 Å². The molecule has 0 heterocycles. The molecule has 0 bridgehead atoms. The normalized spacial score (nSPS) is 11.1. The summed E-state index contributed by atoms with van der Waals surface area (Å²) in [5.41, 5.74) is 5.97. The molecule has 0 aliphatic carbocycles. The Morgan fingerprint density at radius 3 is 2.71 bits per heavy atom. The molecule has 1 amide bonds. The van der Waals surface area contributed by atoms with E-state index in [1.807, 2.05) is 20.8 Å². The van der Waals surface area contributed by atoms with Crippen molar-refractivity contribution in [1.29, 1.82) is 0 Å². The molecule has 4 nitrogen and oxygen atoms in total. The minimum absolute atomic E-state index is 0.0284. The molecule has 0 aromatic heterocycles. The van der Waals surface area contributed by atoms with E-state index < -0.39 is 0 Å². The van der Waals surface area contributed by atoms with Crippen LogP contribution in [0.1, 0.15) is 20.8 Å². The van der Waals surface area contributed by atoms with Crippen LogP contribution in [0.3, 0.4) is 0 Å². The molecular weight excluding hydrogens is 284 g/mol. The minimum Gasteiger partial charge on any atom is -0.483 e. The van der Waals surface area contributed by atoms with Crippen molar-refractivity contribution >= 4 is 27.5 Å². The van der Waals surface area contributed by atoms with Crippen LogP contribution >= 0.6 is 15.9 Å². The van der Waals surface area contributed by atoms with E-state index in [1.165, 1.54) is 0 Å². The van der Waals surface area contributed by atoms with Gasteiger partial charge in [-0.25, -0.2) is 0 Å². The van der Waals surface area contributed by atoms with E-state index in [9.17, 15) is 4.79 Å². The Hall–Kier alpha value is -1.23. The van der Waals surface area contributed by atoms with Crippen LogP contribution in [0.25, 0.3) is 0 Å². The Bertz CT molecular complexity index is 413. The van der Waals surface area contributed by atoms with Crippen molar-refractivity contribution in [3.05, 3.63) is 22.7 Å². The summed E-state index contributed by atoms with van der Waals surface area (Å²) in [5, 5.41) is 2.81. The molecule has 0 saturated heterocycles. The Morgan fingerprint density at radius 2 is 2.12 bits per heavy atom. The van der Waals surface area contributed by atoms with Crippen molar-refractivity contribution in [2.75, 3.05) is 12.3 Å². The standard InChI is InChI=1S/C12H17BrN2O2/c1-12(2,3)15-11(16)7-17-10-6-8(14)4-5-9(10)13/h4-6H,7,14H2,1-3H3,(H,15,16). The number of ether oxygens (including phenoxy) is 1. The van der Waals surface area contributed by atoms with E-state index in [-0.39, 0.29) is 18.1 Å². The zero-order valence-electron chi connectivity index (χ0n) is 10.2. The lowest BCUT2D eigenvalue weighted by Gasteiger charge is -2.20. The summed E-state index contributed by atoms with van der Waals surface area (Å²) in [7, 11) is 0. The fourth-order valence-electron chi connectivity index (χ4n) is 1.23. The SMILES string of the molecule is CC(C)(C)NC(=O)COc1cc(N)ccc1Br. The molecule has 0 radical (unpaired) electrons. The third kappa shape index (κ3) is 5.08. The van der Waals surface area contributed by atoms with Crippen LogP contribution in [0.15, 0.2) is 22.7 Å². The van der Waals surface area contributed by atoms with Gasteiger partial charge < -0.3 is 15.8 Å². The highest BCUT2D eigenvalue weighted by molar-refractivity contribution is 9.10. The first-order chi connectivity index (χ1) is 7.78. The first-order valence-corrected chi connectivity index (χ1v) is 6.06. The first-order valence-electron chi connectivity index (χ1n) is 5.27. The molecule has 0 atom stereocenters. The molecule has 1 aromatic rings. The maximum Gasteiger partial charge on any atom is 0.258 e. The van der Waals surface area contributed by atoms with Gasteiger partial charge in [0.25, 0.3) is 5.91 Å². The van der Waals surface area contributed by atoms with Crippen molar-refractivity contribution in [2.24, 2.45) is 0 Å². The molecule has 0 unspecified atom stereocenters. The summed E-state index contributed by atoms with van der Waals surface area (Å²) in [6.07, 6.45) is 0. The van der Waals surface area contributed by atoms with Gasteiger partial charge in [0.05, 0.1) is 4.47 Å². The zero-order valence-corrected chi connectivity index (χ0v) is 11.8. The van der Waals surface area contributed by atoms with E-state index in [2.05, 4.69) is 21.2 Å². The molecule has 0 spiro atoms. The summed E-state index contributed by atoms with van der Waals surface area (Å²) in [6, 6.07) is 5.22. The van der Waals surface area contributed by atoms with Crippen LogP contribution in [0.4, 0.5) is 5.69 Å². The number of nitrogens with two attached hydrogens (primary N) is 1. The van der Waals surface area contributed by atoms with Gasteiger partial charge in [0.2, 0.25) is 0 Å². The molecule has 0 aliphatic rings. The molecular formula is C12H17BrN2O2. The molecule has 0 saturated carbocycles. The fraction of sp³-hybridized carbons (Fsp3) is 0.417. The Labute approximate surface area is 110 Å². The highest BCUT2D eigenvalue weighted by Gasteiger charge is 2.14. The van der Waals surface area contributed by atoms with E-state index in [0.29, 0.717) is 11.4 Å². The average Bonchev–Trinajstić information content (AvgIpc) is 2.17. The van der Waals surface area contributed by atoms with Gasteiger partial charge >= 0.3 is 0 Å². The van der Waals surface area contributed by atoms with Crippen molar-refractivity contribution in [2.45, 2.75) is 26.3 Å². The predicted octanol–water partition coefficient (Wildman–Crippen LogP) is 2.32. The van der Waals surface area contributed by atoms with E-state index in [4.69, 9.17) is 10.5 Å². The maximum atomic E-state index is 11.5. The number of carbonyl (C=O) groups is 1. The van der Waals surface area contributed by atoms with Gasteiger partial charge in [-0.05, 0) is 48.8 Å². The average molecular weight is 301 g/mol. The second-order valence-corrected chi connectivity index (χ2v) is 5.63. The zero-order chi connectivity index (χ0) is 13.1. The third-order valence-corrected chi connectivity index (χ3v) is 2.48. The van der Waals surface area contributed by atoms with Crippen LogP contribution in [-0.2, 0) is 4.79 Å². The fourth-order valence-corrected chi connectivity index (χ4v) is 1.59. The largest absolute Gasteiger partial charge is 0.483 e. The van der Waals surface area contributed by atoms with Gasteiger partial charge in [0, 0.05) is 17.3 Å². The minimum atomic E-state index is -0.257. The third-order valence-electron chi connectivity index (χ3n) is 1.83. The molecule has 1 rings (SSSR count). The lowest BCUT2D eigenvalue weighted by molar-refractivity contribution is -0.124. The molecule has 5 heteroatoms. The summed E-state index contributed by atoms with van der Waals surface area (Å²) >= 11 is 3.33. The van der Waals surface area contributed by atoms with Crippen molar-refractivity contribution in [3.63, 3.8) is 0 Å². The number of nitrogens with one attached hydrogen (secondary N) is 1. The number of halogens is 1. The van der Waals surface area contributed by atoms with Crippen LogP contribution in [0.2, 0.25) is 0 Å². The number of amides is 1. The Balaban J connectivity index is 2.56. The number of hydrogen-bond acceptors (Lipinski definition) is 3. The lowest BCUT2D eigenvalue weighted by atomic mass is 10.1. The quantitative estimate of drug-likeness (QED) is 0.842. The summed E-state index contributed by atoms with van der Waals surface area (Å²) in [6.45, 7) is 5.73. The Kier molecular flexibility index (Phi) is 4.40. The van der Waals surface area contributed by atoms with Crippen LogP contribution < -0.4 is 15.8 Å². The van der Waals surface area contributed by atoms with Gasteiger partial charge in [-0.15, -0.1) is 0 Å². The smallest absolute Gasteiger partial charge is 0.258 e. The highest BCUT2D eigenvalue weighted by Crippen LogP contribution is 2.26. The topological polar surface area (TPSA) is 64.3 Å². The molecule has 17 heavy (non-hydrogen) atoms. The number of carbonyl (C=O) groups excluding carboxylic acids is 1. The van der Waals surface area contributed by atoms with Crippen LogP contribution in [-0.4, -0.2) is 18.1 Å². The van der Waals surface area contributed by atoms with E-state index >= 15 is 0 Å². The van der Waals surface area contributed by atoms with Gasteiger partial charge in [0.15, 0.2) is 6.61 Å². The number of hydrogen-bond donors (Lipinski definition) is 2. The van der Waals surface area contributed by atoms with Gasteiger partial charge in [-0.3, -0.25) is 4.79 Å². The van der Waals surface area contributed by atoms with Gasteiger partial charge in [0.1, 0.15) is 5.75 Å². The van der Waals surface area contributed by atoms with Crippen molar-refractivity contribution < 1.29 is 9.53 Å². The predicted molar refractivity (Wildman–Crippen MR) is 71.9 cm³/mol. The highest BCUT2D eigenvalue weighted by atomic mass is 79.9. The monoisotopic (exact) mass is 300 g/mol. The second-order valence-electron chi connectivity index (χ2n) is 4.78. The van der Waals surface area contributed by atoms with Crippen molar-refractivity contribution in [3.8, 4) is 5.75 Å². The van der Waals surface area contributed by atoms with Gasteiger partial charge in [-0.1, -0.05) is 0 Å². The van der Waals surface area contributed by atoms with E-state index in [1.54, 1.807) is 18.2 Å². The number of anilines is 1. The lowest BCUT2D eigenvalue weighted by Crippen LogP contribution is -2.43. The number of rotatable bonds is 3.